The first-order valence-corrected chi connectivity index (χ1v) is 6.76. The fourth-order valence-corrected chi connectivity index (χ4v) is 1.88. The fraction of sp³-hybridized carbons (Fsp3) is 1.00. The molecule has 0 aliphatic heterocycles. The van der Waals surface area contributed by atoms with Crippen molar-refractivity contribution in [1.29, 1.82) is 0 Å². The van der Waals surface area contributed by atoms with E-state index in [4.69, 9.17) is 0 Å². The van der Waals surface area contributed by atoms with Gasteiger partial charge in [-0.05, 0) is 37.1 Å². The van der Waals surface area contributed by atoms with E-state index < -0.39 is 0 Å². The van der Waals surface area contributed by atoms with Crippen LogP contribution < -0.4 is 5.32 Å². The van der Waals surface area contributed by atoms with Crippen LogP contribution in [0.25, 0.3) is 0 Å². The van der Waals surface area contributed by atoms with E-state index in [0.717, 1.165) is 24.3 Å². The Balaban J connectivity index is 4.16. The van der Waals surface area contributed by atoms with Crippen LogP contribution >= 0.6 is 0 Å². The van der Waals surface area contributed by atoms with E-state index >= 15 is 0 Å². The van der Waals surface area contributed by atoms with Crippen LogP contribution in [0.3, 0.4) is 0 Å². The number of hydrogen-bond donors (Lipinski definition) is 1. The third kappa shape index (κ3) is 6.19. The van der Waals surface area contributed by atoms with Gasteiger partial charge in [0.05, 0.1) is 0 Å². The Morgan fingerprint density at radius 3 is 2.00 bits per heavy atom. The zero-order valence-electron chi connectivity index (χ0n) is 11.6. The maximum absolute atomic E-state index is 3.72. The van der Waals surface area contributed by atoms with Crippen molar-refractivity contribution >= 4 is 0 Å². The zero-order valence-corrected chi connectivity index (χ0v) is 11.6. The van der Waals surface area contributed by atoms with Crippen molar-refractivity contribution < 1.29 is 0 Å². The molecule has 3 atom stereocenters. The molecule has 0 aromatic carbocycles. The highest BCUT2D eigenvalue weighted by molar-refractivity contribution is 4.77. The van der Waals surface area contributed by atoms with Crippen LogP contribution in [-0.2, 0) is 0 Å². The average Bonchev–Trinajstić information content (AvgIpc) is 2.22. The van der Waals surface area contributed by atoms with Crippen LogP contribution in [-0.4, -0.2) is 12.6 Å². The molecular formula is C14H31N. The molecule has 0 aliphatic rings. The van der Waals surface area contributed by atoms with Gasteiger partial charge in [-0.25, -0.2) is 0 Å². The van der Waals surface area contributed by atoms with E-state index in [2.05, 4.69) is 46.9 Å². The maximum atomic E-state index is 3.72. The SMILES string of the molecule is CCCNC(CC(C)CC)C(C)C(C)C. The van der Waals surface area contributed by atoms with Crippen LogP contribution in [0.15, 0.2) is 0 Å². The van der Waals surface area contributed by atoms with Gasteiger partial charge in [0.2, 0.25) is 0 Å². The summed E-state index contributed by atoms with van der Waals surface area (Å²) in [5.41, 5.74) is 0. The van der Waals surface area contributed by atoms with Gasteiger partial charge in [0, 0.05) is 6.04 Å². The van der Waals surface area contributed by atoms with Crippen molar-refractivity contribution in [3.8, 4) is 0 Å². The molecule has 1 heteroatoms. The lowest BCUT2D eigenvalue weighted by Crippen LogP contribution is -2.39. The van der Waals surface area contributed by atoms with E-state index in [9.17, 15) is 0 Å². The summed E-state index contributed by atoms with van der Waals surface area (Å²) < 4.78 is 0. The van der Waals surface area contributed by atoms with Crippen molar-refractivity contribution in [2.45, 2.75) is 66.8 Å². The molecule has 0 saturated heterocycles. The van der Waals surface area contributed by atoms with Gasteiger partial charge >= 0.3 is 0 Å². The van der Waals surface area contributed by atoms with E-state index in [0.29, 0.717) is 6.04 Å². The summed E-state index contributed by atoms with van der Waals surface area (Å²) >= 11 is 0. The molecule has 15 heavy (non-hydrogen) atoms. The van der Waals surface area contributed by atoms with Crippen molar-refractivity contribution in [2.24, 2.45) is 17.8 Å². The number of hydrogen-bond acceptors (Lipinski definition) is 1. The molecule has 92 valence electrons. The molecule has 0 aromatic rings. The van der Waals surface area contributed by atoms with E-state index in [1.54, 1.807) is 0 Å². The quantitative estimate of drug-likeness (QED) is 0.640. The predicted molar refractivity (Wildman–Crippen MR) is 70.2 cm³/mol. The molecule has 0 saturated carbocycles. The number of nitrogens with one attached hydrogen (secondary N) is 1. The van der Waals surface area contributed by atoms with Gasteiger partial charge in [-0.15, -0.1) is 0 Å². The van der Waals surface area contributed by atoms with Crippen LogP contribution in [0.1, 0.15) is 60.8 Å². The molecule has 0 amide bonds. The van der Waals surface area contributed by atoms with E-state index in [1.165, 1.54) is 19.3 Å². The van der Waals surface area contributed by atoms with E-state index in [-0.39, 0.29) is 0 Å². The second-order valence-electron chi connectivity index (χ2n) is 5.41. The Morgan fingerprint density at radius 1 is 1.00 bits per heavy atom. The minimum Gasteiger partial charge on any atom is -0.314 e. The normalized spacial score (nSPS) is 17.8. The Morgan fingerprint density at radius 2 is 1.60 bits per heavy atom. The van der Waals surface area contributed by atoms with Crippen LogP contribution in [0, 0.1) is 17.8 Å². The van der Waals surface area contributed by atoms with Crippen molar-refractivity contribution in [1.82, 2.24) is 5.32 Å². The van der Waals surface area contributed by atoms with Gasteiger partial charge in [0.1, 0.15) is 0 Å². The smallest absolute Gasteiger partial charge is 0.00976 e. The van der Waals surface area contributed by atoms with Gasteiger partial charge in [-0.3, -0.25) is 0 Å². The number of rotatable bonds is 8. The summed E-state index contributed by atoms with van der Waals surface area (Å²) in [4.78, 5) is 0. The molecule has 0 fully saturated rings. The lowest BCUT2D eigenvalue weighted by Gasteiger charge is -2.30. The first-order chi connectivity index (χ1) is 7.02. The molecule has 1 N–H and O–H groups in total. The first kappa shape index (κ1) is 15.0. The standard InChI is InChI=1S/C14H31N/c1-7-9-15-14(10-12(5)8-2)13(6)11(3)4/h11-15H,7-10H2,1-6H3. The summed E-state index contributed by atoms with van der Waals surface area (Å²) in [6.45, 7) is 15.1. The molecule has 0 spiro atoms. The maximum Gasteiger partial charge on any atom is 0.00976 e. The molecule has 0 rings (SSSR count). The molecule has 0 radical (unpaired) electrons. The minimum absolute atomic E-state index is 0.708. The predicted octanol–water partition coefficient (Wildman–Crippen LogP) is 4.08. The summed E-state index contributed by atoms with van der Waals surface area (Å²) in [7, 11) is 0. The third-order valence-electron chi connectivity index (χ3n) is 3.70. The molecule has 1 nitrogen and oxygen atoms in total. The lowest BCUT2D eigenvalue weighted by molar-refractivity contribution is 0.257. The Kier molecular flexibility index (Phi) is 8.13. The topological polar surface area (TPSA) is 12.0 Å². The average molecular weight is 213 g/mol. The summed E-state index contributed by atoms with van der Waals surface area (Å²) in [5, 5.41) is 3.72. The molecule has 0 heterocycles. The van der Waals surface area contributed by atoms with Crippen LogP contribution in [0.4, 0.5) is 0 Å². The zero-order chi connectivity index (χ0) is 11.8. The summed E-state index contributed by atoms with van der Waals surface area (Å²) in [6, 6.07) is 0.708. The lowest BCUT2D eigenvalue weighted by atomic mass is 9.84. The van der Waals surface area contributed by atoms with Crippen LogP contribution in [0.2, 0.25) is 0 Å². The third-order valence-corrected chi connectivity index (χ3v) is 3.70. The van der Waals surface area contributed by atoms with Gasteiger partial charge < -0.3 is 5.32 Å². The van der Waals surface area contributed by atoms with Crippen molar-refractivity contribution in [3.63, 3.8) is 0 Å². The second-order valence-corrected chi connectivity index (χ2v) is 5.41. The van der Waals surface area contributed by atoms with Gasteiger partial charge in [-0.2, -0.15) is 0 Å². The van der Waals surface area contributed by atoms with Crippen molar-refractivity contribution in [2.75, 3.05) is 6.54 Å². The van der Waals surface area contributed by atoms with Gasteiger partial charge in [0.25, 0.3) is 0 Å². The largest absolute Gasteiger partial charge is 0.314 e. The monoisotopic (exact) mass is 213 g/mol. The molecule has 0 aliphatic carbocycles. The first-order valence-electron chi connectivity index (χ1n) is 6.76. The highest BCUT2D eigenvalue weighted by atomic mass is 14.9. The Bertz CT molecular complexity index is 142. The minimum atomic E-state index is 0.708. The summed E-state index contributed by atoms with van der Waals surface area (Å²) in [6.07, 6.45) is 3.87. The highest BCUT2D eigenvalue weighted by Crippen LogP contribution is 2.21. The highest BCUT2D eigenvalue weighted by Gasteiger charge is 2.20. The summed E-state index contributed by atoms with van der Waals surface area (Å²) in [5.74, 6) is 2.41. The fourth-order valence-electron chi connectivity index (χ4n) is 1.88. The molecule has 3 unspecified atom stereocenters. The van der Waals surface area contributed by atoms with Gasteiger partial charge in [-0.1, -0.05) is 48.0 Å². The van der Waals surface area contributed by atoms with Crippen molar-refractivity contribution in [3.05, 3.63) is 0 Å². The molecule has 0 bridgehead atoms. The van der Waals surface area contributed by atoms with Gasteiger partial charge in [0.15, 0.2) is 0 Å². The Hall–Kier alpha value is -0.0400. The molecular weight excluding hydrogens is 182 g/mol. The molecule has 0 aromatic heterocycles. The second kappa shape index (κ2) is 8.15. The Labute approximate surface area is 97.0 Å². The van der Waals surface area contributed by atoms with E-state index in [1.807, 2.05) is 0 Å². The van der Waals surface area contributed by atoms with Crippen LogP contribution in [0.5, 0.6) is 0 Å².